The molecule has 1 aromatic rings. The molecule has 0 N–H and O–H groups in total. The fourth-order valence-corrected chi connectivity index (χ4v) is 1.92. The smallest absolute Gasteiger partial charge is 0.140 e. The fourth-order valence-electron chi connectivity index (χ4n) is 1.92. The van der Waals surface area contributed by atoms with Gasteiger partial charge in [-0.1, -0.05) is 58.0 Å². The van der Waals surface area contributed by atoms with Crippen LogP contribution in [-0.4, -0.2) is 19.0 Å². The van der Waals surface area contributed by atoms with Crippen molar-refractivity contribution >= 4 is 5.78 Å². The fraction of sp³-hybridized carbons (Fsp3) is 0.562. The molecule has 0 saturated carbocycles. The molecule has 0 saturated heterocycles. The summed E-state index contributed by atoms with van der Waals surface area (Å²) in [6.07, 6.45) is 0.412. The predicted octanol–water partition coefficient (Wildman–Crippen LogP) is 3.81. The Bertz CT molecular complexity index is 376. The van der Waals surface area contributed by atoms with Crippen molar-refractivity contribution in [2.45, 2.75) is 46.1 Å². The molecular weight excluding hydrogens is 224 g/mol. The van der Waals surface area contributed by atoms with Crippen LogP contribution < -0.4 is 0 Å². The van der Waals surface area contributed by atoms with Gasteiger partial charge in [-0.25, -0.2) is 0 Å². The molecule has 0 bridgehead atoms. The Morgan fingerprint density at radius 1 is 1.22 bits per heavy atom. The van der Waals surface area contributed by atoms with Crippen molar-refractivity contribution in [3.05, 3.63) is 35.9 Å². The zero-order valence-electron chi connectivity index (χ0n) is 12.1. The number of carbonyl (C=O) groups is 1. The lowest BCUT2D eigenvalue weighted by Crippen LogP contribution is -2.29. The van der Waals surface area contributed by atoms with Crippen LogP contribution in [0.5, 0.6) is 0 Å². The van der Waals surface area contributed by atoms with Crippen molar-refractivity contribution in [3.63, 3.8) is 0 Å². The van der Waals surface area contributed by atoms with Gasteiger partial charge in [0, 0.05) is 24.9 Å². The average molecular weight is 248 g/mol. The molecule has 1 rings (SSSR count). The maximum atomic E-state index is 12.1. The van der Waals surface area contributed by atoms with Gasteiger partial charge in [0.05, 0.1) is 6.10 Å². The van der Waals surface area contributed by atoms with E-state index in [2.05, 4.69) is 19.1 Å². The van der Waals surface area contributed by atoms with Gasteiger partial charge >= 0.3 is 0 Å². The first-order chi connectivity index (χ1) is 8.36. The summed E-state index contributed by atoms with van der Waals surface area (Å²) in [4.78, 5) is 12.1. The van der Waals surface area contributed by atoms with E-state index in [-0.39, 0.29) is 23.2 Å². The Labute approximate surface area is 110 Å². The summed E-state index contributed by atoms with van der Waals surface area (Å²) >= 11 is 0. The topological polar surface area (TPSA) is 26.3 Å². The minimum Gasteiger partial charge on any atom is -0.380 e. The van der Waals surface area contributed by atoms with Crippen molar-refractivity contribution < 1.29 is 9.53 Å². The van der Waals surface area contributed by atoms with Gasteiger partial charge in [0.15, 0.2) is 0 Å². The lowest BCUT2D eigenvalue weighted by molar-refractivity contribution is -0.129. The van der Waals surface area contributed by atoms with Crippen LogP contribution in [-0.2, 0) is 9.53 Å². The third-order valence-corrected chi connectivity index (χ3v) is 3.41. The van der Waals surface area contributed by atoms with Crippen LogP contribution in [0.15, 0.2) is 30.3 Å². The number of hydrogen-bond acceptors (Lipinski definition) is 2. The third kappa shape index (κ3) is 3.95. The Balaban J connectivity index is 2.76. The van der Waals surface area contributed by atoms with Crippen LogP contribution in [0.25, 0.3) is 0 Å². The molecule has 100 valence electrons. The van der Waals surface area contributed by atoms with Gasteiger partial charge in [0.1, 0.15) is 5.78 Å². The minimum atomic E-state index is -0.298. The van der Waals surface area contributed by atoms with Gasteiger partial charge in [-0.2, -0.15) is 0 Å². The third-order valence-electron chi connectivity index (χ3n) is 3.41. The highest BCUT2D eigenvalue weighted by atomic mass is 16.5. The number of carbonyl (C=O) groups excluding carboxylic acids is 1. The summed E-state index contributed by atoms with van der Waals surface area (Å²) in [5.74, 6) is 0.472. The summed E-state index contributed by atoms with van der Waals surface area (Å²) in [5, 5.41) is 0. The van der Waals surface area contributed by atoms with Gasteiger partial charge in [0.2, 0.25) is 0 Å². The molecule has 0 radical (unpaired) electrons. The van der Waals surface area contributed by atoms with Gasteiger partial charge in [-0.3, -0.25) is 4.79 Å². The van der Waals surface area contributed by atoms with Crippen LogP contribution in [0.3, 0.4) is 0 Å². The molecule has 0 fully saturated rings. The van der Waals surface area contributed by atoms with E-state index in [1.807, 2.05) is 39.0 Å². The SMILES string of the molecule is CO[C@H](CC(=O)C(C)(C)C)[C@@H](C)c1ccccc1. The number of hydrogen-bond donors (Lipinski definition) is 0. The molecule has 0 aromatic heterocycles. The number of benzene rings is 1. The van der Waals surface area contributed by atoms with E-state index >= 15 is 0 Å². The Hall–Kier alpha value is -1.15. The number of rotatable bonds is 5. The molecule has 2 atom stereocenters. The summed E-state index contributed by atoms with van der Waals surface area (Å²) in [6, 6.07) is 10.2. The molecule has 18 heavy (non-hydrogen) atoms. The maximum absolute atomic E-state index is 12.1. The van der Waals surface area contributed by atoms with Crippen molar-refractivity contribution in [3.8, 4) is 0 Å². The lowest BCUT2D eigenvalue weighted by Gasteiger charge is -2.26. The first-order valence-corrected chi connectivity index (χ1v) is 6.47. The quantitative estimate of drug-likeness (QED) is 0.792. The maximum Gasteiger partial charge on any atom is 0.140 e. The first-order valence-electron chi connectivity index (χ1n) is 6.47. The summed E-state index contributed by atoms with van der Waals surface area (Å²) in [7, 11) is 1.68. The number of ether oxygens (including phenoxy) is 1. The second kappa shape index (κ2) is 6.14. The van der Waals surface area contributed by atoms with Crippen LogP contribution in [0.4, 0.5) is 0 Å². The molecule has 0 unspecified atom stereocenters. The standard InChI is InChI=1S/C16H24O2/c1-12(13-9-7-6-8-10-13)14(18-5)11-15(17)16(2,3)4/h6-10,12,14H,11H2,1-5H3/t12-,14+/m0/s1. The number of Topliss-reactive ketones (excluding diaryl/α,β-unsaturated/α-hetero) is 1. The van der Waals surface area contributed by atoms with Crippen molar-refractivity contribution in [2.75, 3.05) is 7.11 Å². The predicted molar refractivity (Wildman–Crippen MR) is 74.7 cm³/mol. The average Bonchev–Trinajstić information content (AvgIpc) is 2.34. The highest BCUT2D eigenvalue weighted by Gasteiger charge is 2.27. The van der Waals surface area contributed by atoms with E-state index in [1.165, 1.54) is 5.56 Å². The minimum absolute atomic E-state index is 0.0564. The first kappa shape index (κ1) is 14.9. The second-order valence-corrected chi connectivity index (χ2v) is 5.85. The van der Waals surface area contributed by atoms with Crippen LogP contribution in [0.2, 0.25) is 0 Å². The Kier molecular flexibility index (Phi) is 5.09. The summed E-state index contributed by atoms with van der Waals surface area (Å²) in [6.45, 7) is 7.97. The van der Waals surface area contributed by atoms with E-state index in [0.717, 1.165) is 0 Å². The summed E-state index contributed by atoms with van der Waals surface area (Å²) in [5.41, 5.74) is 0.916. The van der Waals surface area contributed by atoms with Gasteiger partial charge in [-0.15, -0.1) is 0 Å². The zero-order chi connectivity index (χ0) is 13.8. The number of methoxy groups -OCH3 is 1. The number of ketones is 1. The molecule has 0 aliphatic heterocycles. The Morgan fingerprint density at radius 3 is 2.22 bits per heavy atom. The zero-order valence-corrected chi connectivity index (χ0v) is 12.1. The molecule has 0 aliphatic carbocycles. The monoisotopic (exact) mass is 248 g/mol. The summed E-state index contributed by atoms with van der Waals surface area (Å²) < 4.78 is 5.51. The lowest BCUT2D eigenvalue weighted by atomic mass is 9.84. The molecule has 0 heterocycles. The van der Waals surface area contributed by atoms with Crippen molar-refractivity contribution in [1.82, 2.24) is 0 Å². The molecule has 0 aliphatic rings. The van der Waals surface area contributed by atoms with E-state index in [4.69, 9.17) is 4.74 Å². The van der Waals surface area contributed by atoms with Crippen molar-refractivity contribution in [2.24, 2.45) is 5.41 Å². The normalized spacial score (nSPS) is 15.2. The van der Waals surface area contributed by atoms with Gasteiger partial charge in [0.25, 0.3) is 0 Å². The highest BCUT2D eigenvalue weighted by molar-refractivity contribution is 5.84. The second-order valence-electron chi connectivity index (χ2n) is 5.85. The van der Waals surface area contributed by atoms with Gasteiger partial charge < -0.3 is 4.74 Å². The van der Waals surface area contributed by atoms with E-state index in [0.29, 0.717) is 6.42 Å². The van der Waals surface area contributed by atoms with Crippen LogP contribution >= 0.6 is 0 Å². The molecule has 2 heteroatoms. The molecule has 2 nitrogen and oxygen atoms in total. The largest absolute Gasteiger partial charge is 0.380 e. The molecule has 0 amide bonds. The van der Waals surface area contributed by atoms with Crippen molar-refractivity contribution in [1.29, 1.82) is 0 Å². The molecular formula is C16H24O2. The van der Waals surface area contributed by atoms with E-state index in [9.17, 15) is 4.79 Å². The van der Waals surface area contributed by atoms with E-state index < -0.39 is 0 Å². The molecule has 0 spiro atoms. The van der Waals surface area contributed by atoms with Crippen LogP contribution in [0, 0.1) is 5.41 Å². The molecule has 1 aromatic carbocycles. The van der Waals surface area contributed by atoms with Gasteiger partial charge in [-0.05, 0) is 5.56 Å². The van der Waals surface area contributed by atoms with Crippen LogP contribution in [0.1, 0.15) is 45.6 Å². The highest BCUT2D eigenvalue weighted by Crippen LogP contribution is 2.26. The van der Waals surface area contributed by atoms with E-state index in [1.54, 1.807) is 7.11 Å². The Morgan fingerprint density at radius 2 is 1.78 bits per heavy atom.